The van der Waals surface area contributed by atoms with E-state index in [4.69, 9.17) is 5.73 Å². The molecule has 0 aliphatic rings. The van der Waals surface area contributed by atoms with Crippen molar-refractivity contribution in [1.82, 2.24) is 14.8 Å². The topological polar surface area (TPSA) is 60.0 Å². The maximum absolute atomic E-state index is 5.80. The molecule has 1 atom stereocenters. The number of nitrogens with zero attached hydrogens (tertiary/aromatic N) is 4. The third-order valence-electron chi connectivity index (χ3n) is 2.87. The minimum Gasteiger partial charge on any atom is -0.355 e. The monoisotopic (exact) mass is 245 g/mol. The fourth-order valence-electron chi connectivity index (χ4n) is 1.80. The van der Waals surface area contributed by atoms with Crippen LogP contribution in [0.3, 0.4) is 0 Å². The third kappa shape index (κ3) is 2.87. The lowest BCUT2D eigenvalue weighted by Crippen LogP contribution is -2.17. The van der Waals surface area contributed by atoms with Gasteiger partial charge in [-0.05, 0) is 18.6 Å². The van der Waals surface area contributed by atoms with Gasteiger partial charge in [-0.25, -0.2) is 4.98 Å². The van der Waals surface area contributed by atoms with E-state index in [9.17, 15) is 0 Å². The van der Waals surface area contributed by atoms with Gasteiger partial charge in [0.05, 0.1) is 6.20 Å². The Morgan fingerprint density at radius 2 is 2.17 bits per heavy atom. The molecule has 0 unspecified atom stereocenters. The normalized spacial score (nSPS) is 12.4. The highest BCUT2D eigenvalue weighted by Crippen LogP contribution is 2.15. The van der Waals surface area contributed by atoms with Crippen LogP contribution < -0.4 is 10.6 Å². The Hall–Kier alpha value is -1.88. The van der Waals surface area contributed by atoms with Gasteiger partial charge in [-0.2, -0.15) is 5.10 Å². The standard InChI is InChI=1S/C13H19N5/c1-10(14)12-4-5-13(15-7-12)17(2)8-11-6-16-18(3)9-11/h4-7,9-10H,8,14H2,1-3H3/t10-/m0/s1. The van der Waals surface area contributed by atoms with Crippen LogP contribution in [-0.2, 0) is 13.6 Å². The molecule has 0 fully saturated rings. The van der Waals surface area contributed by atoms with Crippen molar-refractivity contribution in [1.29, 1.82) is 0 Å². The summed E-state index contributed by atoms with van der Waals surface area (Å²) >= 11 is 0. The van der Waals surface area contributed by atoms with Crippen molar-refractivity contribution >= 4 is 5.82 Å². The quantitative estimate of drug-likeness (QED) is 0.886. The molecule has 5 heteroatoms. The first-order valence-corrected chi connectivity index (χ1v) is 5.96. The van der Waals surface area contributed by atoms with Crippen LogP contribution in [-0.4, -0.2) is 21.8 Å². The van der Waals surface area contributed by atoms with Crippen molar-refractivity contribution in [3.8, 4) is 0 Å². The van der Waals surface area contributed by atoms with Crippen LogP contribution in [0, 0.1) is 0 Å². The summed E-state index contributed by atoms with van der Waals surface area (Å²) in [5.41, 5.74) is 8.02. The van der Waals surface area contributed by atoms with Crippen molar-refractivity contribution in [2.45, 2.75) is 19.5 Å². The SMILES string of the molecule is C[C@H](N)c1ccc(N(C)Cc2cnn(C)c2)nc1. The molecule has 2 aromatic rings. The largest absolute Gasteiger partial charge is 0.355 e. The van der Waals surface area contributed by atoms with Gasteiger partial charge in [-0.1, -0.05) is 6.07 Å². The molecule has 0 aromatic carbocycles. The molecule has 0 radical (unpaired) electrons. The second-order valence-corrected chi connectivity index (χ2v) is 4.62. The lowest BCUT2D eigenvalue weighted by atomic mass is 10.1. The molecule has 5 nitrogen and oxygen atoms in total. The van der Waals surface area contributed by atoms with Crippen LogP contribution in [0.4, 0.5) is 5.82 Å². The van der Waals surface area contributed by atoms with Gasteiger partial charge in [0.15, 0.2) is 0 Å². The molecule has 0 bridgehead atoms. The van der Waals surface area contributed by atoms with E-state index in [-0.39, 0.29) is 6.04 Å². The fourth-order valence-corrected chi connectivity index (χ4v) is 1.80. The molecule has 0 spiro atoms. The zero-order chi connectivity index (χ0) is 13.1. The lowest BCUT2D eigenvalue weighted by molar-refractivity contribution is 0.766. The summed E-state index contributed by atoms with van der Waals surface area (Å²) in [4.78, 5) is 6.51. The minimum absolute atomic E-state index is 0.0233. The first kappa shape index (κ1) is 12.6. The Bertz CT molecular complexity index is 500. The highest BCUT2D eigenvalue weighted by Gasteiger charge is 2.06. The Labute approximate surface area is 107 Å². The zero-order valence-electron chi connectivity index (χ0n) is 11.0. The zero-order valence-corrected chi connectivity index (χ0v) is 11.0. The van der Waals surface area contributed by atoms with Gasteiger partial charge in [-0.3, -0.25) is 4.68 Å². The van der Waals surface area contributed by atoms with E-state index in [2.05, 4.69) is 15.0 Å². The van der Waals surface area contributed by atoms with Crippen molar-refractivity contribution < 1.29 is 0 Å². The van der Waals surface area contributed by atoms with E-state index >= 15 is 0 Å². The van der Waals surface area contributed by atoms with Gasteiger partial charge in [0.1, 0.15) is 5.82 Å². The molecular formula is C13H19N5. The number of pyridine rings is 1. The molecule has 0 saturated heterocycles. The van der Waals surface area contributed by atoms with Gasteiger partial charge in [-0.15, -0.1) is 0 Å². The first-order chi connectivity index (χ1) is 8.56. The average Bonchev–Trinajstić information content (AvgIpc) is 2.75. The predicted octanol–water partition coefficient (Wildman–Crippen LogP) is 1.47. The third-order valence-corrected chi connectivity index (χ3v) is 2.87. The number of aryl methyl sites for hydroxylation is 1. The number of aromatic nitrogens is 3. The summed E-state index contributed by atoms with van der Waals surface area (Å²) in [5, 5.41) is 4.15. The van der Waals surface area contributed by atoms with Crippen LogP contribution in [0.25, 0.3) is 0 Å². The maximum atomic E-state index is 5.80. The first-order valence-electron chi connectivity index (χ1n) is 5.96. The van der Waals surface area contributed by atoms with Gasteiger partial charge >= 0.3 is 0 Å². The van der Waals surface area contributed by atoms with Crippen molar-refractivity contribution in [3.63, 3.8) is 0 Å². The highest BCUT2D eigenvalue weighted by molar-refractivity contribution is 5.39. The summed E-state index contributed by atoms with van der Waals surface area (Å²) < 4.78 is 1.80. The smallest absolute Gasteiger partial charge is 0.128 e. The second-order valence-electron chi connectivity index (χ2n) is 4.62. The summed E-state index contributed by atoms with van der Waals surface area (Å²) in [6.07, 6.45) is 5.71. The maximum Gasteiger partial charge on any atom is 0.128 e. The average molecular weight is 245 g/mol. The fraction of sp³-hybridized carbons (Fsp3) is 0.385. The number of rotatable bonds is 4. The van der Waals surface area contributed by atoms with Crippen LogP contribution >= 0.6 is 0 Å². The lowest BCUT2D eigenvalue weighted by Gasteiger charge is -2.17. The molecule has 96 valence electrons. The molecule has 2 rings (SSSR count). The molecule has 2 heterocycles. The molecule has 2 aromatic heterocycles. The summed E-state index contributed by atoms with van der Waals surface area (Å²) in [7, 11) is 3.93. The number of hydrogen-bond donors (Lipinski definition) is 1. The van der Waals surface area contributed by atoms with Crippen molar-refractivity contribution in [3.05, 3.63) is 41.9 Å². The molecule has 0 saturated carbocycles. The molecule has 0 amide bonds. The van der Waals surface area contributed by atoms with Crippen LogP contribution in [0.15, 0.2) is 30.7 Å². The molecule has 0 aliphatic carbocycles. The molecular weight excluding hydrogens is 226 g/mol. The van der Waals surface area contributed by atoms with Gasteiger partial charge in [0.2, 0.25) is 0 Å². The Morgan fingerprint density at radius 1 is 1.39 bits per heavy atom. The van der Waals surface area contributed by atoms with Crippen LogP contribution in [0.5, 0.6) is 0 Å². The van der Waals surface area contributed by atoms with E-state index in [0.29, 0.717) is 0 Å². The predicted molar refractivity (Wildman–Crippen MR) is 72.2 cm³/mol. The number of anilines is 1. The van der Waals surface area contributed by atoms with Gasteiger partial charge in [0.25, 0.3) is 0 Å². The minimum atomic E-state index is 0.0233. The summed E-state index contributed by atoms with van der Waals surface area (Å²) in [6.45, 7) is 2.74. The van der Waals surface area contributed by atoms with Gasteiger partial charge in [0, 0.05) is 44.6 Å². The summed E-state index contributed by atoms with van der Waals surface area (Å²) in [5.74, 6) is 0.934. The van der Waals surface area contributed by atoms with E-state index in [0.717, 1.165) is 23.5 Å². The van der Waals surface area contributed by atoms with Crippen LogP contribution in [0.1, 0.15) is 24.1 Å². The molecule has 0 aliphatic heterocycles. The highest BCUT2D eigenvalue weighted by atomic mass is 15.2. The van der Waals surface area contributed by atoms with Gasteiger partial charge < -0.3 is 10.6 Å². The molecule has 2 N–H and O–H groups in total. The Kier molecular flexibility index (Phi) is 3.62. The number of hydrogen-bond acceptors (Lipinski definition) is 4. The van der Waals surface area contributed by atoms with Crippen LogP contribution in [0.2, 0.25) is 0 Å². The Morgan fingerprint density at radius 3 is 2.67 bits per heavy atom. The molecule has 18 heavy (non-hydrogen) atoms. The van der Waals surface area contributed by atoms with Crippen molar-refractivity contribution in [2.24, 2.45) is 12.8 Å². The van der Waals surface area contributed by atoms with E-state index in [1.54, 1.807) is 4.68 Å². The summed E-state index contributed by atoms with van der Waals surface area (Å²) in [6, 6.07) is 4.04. The van der Waals surface area contributed by atoms with E-state index < -0.39 is 0 Å². The second kappa shape index (κ2) is 5.18. The van der Waals surface area contributed by atoms with E-state index in [1.807, 2.05) is 51.7 Å². The Balaban J connectivity index is 2.06. The van der Waals surface area contributed by atoms with Crippen molar-refractivity contribution in [2.75, 3.05) is 11.9 Å². The van der Waals surface area contributed by atoms with E-state index in [1.165, 1.54) is 0 Å². The number of nitrogens with two attached hydrogens (primary N) is 1.